The lowest BCUT2D eigenvalue weighted by molar-refractivity contribution is -0.387. The molecule has 1 amide bonds. The van der Waals surface area contributed by atoms with Crippen LogP contribution in [0.2, 0.25) is 0 Å². The zero-order valence-corrected chi connectivity index (χ0v) is 19.5. The molecule has 1 aliphatic rings. The first-order valence-corrected chi connectivity index (χ1v) is 11.7. The molecule has 1 unspecified atom stereocenters. The van der Waals surface area contributed by atoms with Crippen LogP contribution >= 0.6 is 11.8 Å². The molecule has 0 saturated heterocycles. The van der Waals surface area contributed by atoms with E-state index in [0.717, 1.165) is 28.9 Å². The van der Waals surface area contributed by atoms with Crippen molar-refractivity contribution >= 4 is 40.1 Å². The number of nitrogens with one attached hydrogen (secondary N) is 1. The second-order valence-electron chi connectivity index (χ2n) is 8.29. The van der Waals surface area contributed by atoms with E-state index in [1.807, 2.05) is 32.0 Å². The third kappa shape index (κ3) is 4.05. The highest BCUT2D eigenvalue weighted by atomic mass is 32.2. The molecule has 2 aromatic carbocycles. The molecule has 1 aliphatic heterocycles. The number of amides is 1. The van der Waals surface area contributed by atoms with Gasteiger partial charge >= 0.3 is 5.69 Å². The number of aryl methyl sites for hydroxylation is 2. The highest BCUT2D eigenvalue weighted by Crippen LogP contribution is 2.34. The number of aromatic nitrogens is 4. The monoisotopic (exact) mass is 494 g/mol. The lowest BCUT2D eigenvalue weighted by atomic mass is 10.1. The van der Waals surface area contributed by atoms with Gasteiger partial charge < -0.3 is 5.32 Å². The van der Waals surface area contributed by atoms with Crippen LogP contribution in [-0.2, 0) is 4.79 Å². The van der Waals surface area contributed by atoms with Gasteiger partial charge in [-0.25, -0.2) is 9.67 Å². The number of hydrogen-bond donors (Lipinski definition) is 1. The van der Waals surface area contributed by atoms with E-state index in [4.69, 9.17) is 0 Å². The van der Waals surface area contributed by atoms with E-state index in [2.05, 4.69) is 15.4 Å². The summed E-state index contributed by atoms with van der Waals surface area (Å²) in [6, 6.07) is 8.60. The smallest absolute Gasteiger partial charge is 0.306 e. The minimum Gasteiger partial charge on any atom is -0.326 e. The first-order chi connectivity index (χ1) is 16.7. The maximum absolute atomic E-state index is 13.6. The van der Waals surface area contributed by atoms with Crippen LogP contribution in [0.3, 0.4) is 0 Å². The fraction of sp³-hybridized carbons (Fsp3) is 0.217. The molecule has 3 heterocycles. The number of nitrogens with zero attached hydrogens (tertiary/aromatic N) is 5. The molecule has 0 saturated carbocycles. The molecule has 10 nitrogen and oxygen atoms in total. The Morgan fingerprint density at radius 3 is 2.83 bits per heavy atom. The van der Waals surface area contributed by atoms with E-state index < -0.39 is 28.4 Å². The number of nitro groups is 1. The highest BCUT2D eigenvalue weighted by Gasteiger charge is 2.30. The summed E-state index contributed by atoms with van der Waals surface area (Å²) in [4.78, 5) is 40.7. The molecule has 0 spiro atoms. The van der Waals surface area contributed by atoms with Crippen LogP contribution in [0.5, 0.6) is 0 Å². The van der Waals surface area contributed by atoms with Gasteiger partial charge in [0.05, 0.1) is 22.8 Å². The van der Waals surface area contributed by atoms with Crippen LogP contribution in [0.25, 0.3) is 16.7 Å². The normalized spacial score (nSPS) is 14.8. The Bertz CT molecular complexity index is 1580. The zero-order chi connectivity index (χ0) is 24.9. The van der Waals surface area contributed by atoms with E-state index in [1.54, 1.807) is 4.68 Å². The summed E-state index contributed by atoms with van der Waals surface area (Å²) in [7, 11) is 0. The third-order valence-corrected chi connectivity index (χ3v) is 6.90. The molecule has 12 heteroatoms. The summed E-state index contributed by atoms with van der Waals surface area (Å²) in [6.45, 7) is 3.97. The van der Waals surface area contributed by atoms with Crippen molar-refractivity contribution in [1.82, 2.24) is 19.3 Å². The van der Waals surface area contributed by atoms with Gasteiger partial charge in [0.2, 0.25) is 11.7 Å². The standard InChI is InChI=1S/C23H19FN6O4S/c1-12-3-6-18(13(2)7-12)29-21-16(10-25-29)22(32)28-15(11-35-23(28)27-21)9-20(31)26-14-4-5-17(24)19(8-14)30(33)34/h3-8,10,15H,9,11H2,1-2H3,(H,26,31). The number of halogens is 1. The molecule has 1 N–H and O–H groups in total. The van der Waals surface area contributed by atoms with Crippen LogP contribution in [0.1, 0.15) is 23.6 Å². The van der Waals surface area contributed by atoms with E-state index >= 15 is 0 Å². The molecule has 0 bridgehead atoms. The van der Waals surface area contributed by atoms with E-state index in [1.165, 1.54) is 28.6 Å². The van der Waals surface area contributed by atoms with Crippen LogP contribution in [-0.4, -0.2) is 35.9 Å². The fourth-order valence-electron chi connectivity index (χ4n) is 4.16. The van der Waals surface area contributed by atoms with Crippen molar-refractivity contribution in [3.05, 3.63) is 80.0 Å². The molecule has 0 fully saturated rings. The van der Waals surface area contributed by atoms with Crippen molar-refractivity contribution in [2.75, 3.05) is 11.1 Å². The quantitative estimate of drug-likeness (QED) is 0.253. The van der Waals surface area contributed by atoms with Crippen molar-refractivity contribution in [3.8, 4) is 5.69 Å². The Balaban J connectivity index is 1.43. The average Bonchev–Trinajstić information content (AvgIpc) is 3.40. The number of anilines is 1. The van der Waals surface area contributed by atoms with Gasteiger partial charge in [-0.2, -0.15) is 9.49 Å². The van der Waals surface area contributed by atoms with Gasteiger partial charge in [0, 0.05) is 23.9 Å². The van der Waals surface area contributed by atoms with Crippen molar-refractivity contribution in [2.24, 2.45) is 0 Å². The molecule has 2 aromatic heterocycles. The molecule has 4 aromatic rings. The number of thioether (sulfide) groups is 1. The van der Waals surface area contributed by atoms with Gasteiger partial charge in [-0.1, -0.05) is 29.5 Å². The first-order valence-electron chi connectivity index (χ1n) is 10.7. The molecular weight excluding hydrogens is 475 g/mol. The van der Waals surface area contributed by atoms with Gasteiger partial charge in [-0.05, 0) is 37.6 Å². The topological polar surface area (TPSA) is 125 Å². The van der Waals surface area contributed by atoms with E-state index in [-0.39, 0.29) is 17.7 Å². The van der Waals surface area contributed by atoms with Crippen molar-refractivity contribution in [3.63, 3.8) is 0 Å². The molecule has 35 heavy (non-hydrogen) atoms. The Labute approximate surface area is 201 Å². The zero-order valence-electron chi connectivity index (χ0n) is 18.7. The van der Waals surface area contributed by atoms with Gasteiger partial charge in [-0.3, -0.25) is 24.3 Å². The Morgan fingerprint density at radius 2 is 2.09 bits per heavy atom. The number of benzene rings is 2. The van der Waals surface area contributed by atoms with Crippen LogP contribution in [0.15, 0.2) is 52.5 Å². The molecule has 0 aliphatic carbocycles. The summed E-state index contributed by atoms with van der Waals surface area (Å²) < 4.78 is 16.7. The average molecular weight is 495 g/mol. The Hall–Kier alpha value is -4.06. The van der Waals surface area contributed by atoms with Gasteiger partial charge in [0.15, 0.2) is 10.8 Å². The minimum atomic E-state index is -0.989. The summed E-state index contributed by atoms with van der Waals surface area (Å²) in [6.07, 6.45) is 1.43. The maximum atomic E-state index is 13.6. The number of carbonyl (C=O) groups excluding carboxylic acids is 1. The summed E-state index contributed by atoms with van der Waals surface area (Å²) in [5, 5.41) is 18.7. The van der Waals surface area contributed by atoms with Crippen LogP contribution in [0, 0.1) is 29.8 Å². The minimum absolute atomic E-state index is 0.0521. The summed E-state index contributed by atoms with van der Waals surface area (Å²) >= 11 is 1.37. The molecule has 178 valence electrons. The molecule has 5 rings (SSSR count). The van der Waals surface area contributed by atoms with Gasteiger partial charge in [-0.15, -0.1) is 0 Å². The first kappa shape index (κ1) is 22.7. The van der Waals surface area contributed by atoms with E-state index in [9.17, 15) is 24.1 Å². The number of rotatable bonds is 5. The molecular formula is C23H19FN6O4S. The fourth-order valence-corrected chi connectivity index (χ4v) is 5.29. The predicted octanol–water partition coefficient (Wildman–Crippen LogP) is 3.92. The second kappa shape index (κ2) is 8.62. The SMILES string of the molecule is Cc1ccc(-n2ncc3c(=O)n4c(nc32)SCC4CC(=O)Nc2ccc(F)c([N+](=O)[O-])c2)c(C)c1. The van der Waals surface area contributed by atoms with Crippen molar-refractivity contribution in [1.29, 1.82) is 0 Å². The summed E-state index contributed by atoms with van der Waals surface area (Å²) in [5.41, 5.74) is 2.47. The molecule has 0 radical (unpaired) electrons. The van der Waals surface area contributed by atoms with Crippen molar-refractivity contribution in [2.45, 2.75) is 31.5 Å². The van der Waals surface area contributed by atoms with E-state index in [0.29, 0.717) is 21.9 Å². The van der Waals surface area contributed by atoms with Crippen molar-refractivity contribution < 1.29 is 14.1 Å². The molecule has 1 atom stereocenters. The second-order valence-corrected chi connectivity index (χ2v) is 9.28. The third-order valence-electron chi connectivity index (χ3n) is 5.80. The summed E-state index contributed by atoms with van der Waals surface area (Å²) in [5.74, 6) is -0.984. The predicted molar refractivity (Wildman–Crippen MR) is 129 cm³/mol. The largest absolute Gasteiger partial charge is 0.326 e. The highest BCUT2D eigenvalue weighted by molar-refractivity contribution is 7.99. The van der Waals surface area contributed by atoms with Gasteiger partial charge in [0.1, 0.15) is 5.39 Å². The lowest BCUT2D eigenvalue weighted by Crippen LogP contribution is -2.27. The number of hydrogen-bond acceptors (Lipinski definition) is 7. The Kier molecular flexibility index (Phi) is 5.59. The number of nitro benzene ring substituents is 1. The number of fused-ring (bicyclic) bond motifs is 2. The Morgan fingerprint density at radius 1 is 1.29 bits per heavy atom. The van der Waals surface area contributed by atoms with Gasteiger partial charge in [0.25, 0.3) is 5.56 Å². The maximum Gasteiger partial charge on any atom is 0.306 e. The van der Waals surface area contributed by atoms with Crippen LogP contribution in [0.4, 0.5) is 15.8 Å². The number of carbonyl (C=O) groups is 1. The lowest BCUT2D eigenvalue weighted by Gasteiger charge is -2.14. The van der Waals surface area contributed by atoms with Crippen LogP contribution < -0.4 is 10.9 Å².